The SMILES string of the molecule is CCNC(=NCCOCc1ccccc1OC)N1CCC(C)CC1. The molecule has 1 saturated heterocycles. The summed E-state index contributed by atoms with van der Waals surface area (Å²) in [4.78, 5) is 7.08. The first kappa shape index (κ1) is 18.6. The van der Waals surface area contributed by atoms with Gasteiger partial charge in [0.05, 0.1) is 26.9 Å². The fourth-order valence-corrected chi connectivity index (χ4v) is 2.87. The van der Waals surface area contributed by atoms with E-state index in [1.165, 1.54) is 12.8 Å². The zero-order chi connectivity index (χ0) is 17.2. The smallest absolute Gasteiger partial charge is 0.193 e. The molecule has 1 fully saturated rings. The molecule has 5 nitrogen and oxygen atoms in total. The minimum atomic E-state index is 0.553. The van der Waals surface area contributed by atoms with Crippen LogP contribution in [0, 0.1) is 5.92 Å². The number of guanidine groups is 1. The summed E-state index contributed by atoms with van der Waals surface area (Å²) in [7, 11) is 1.69. The van der Waals surface area contributed by atoms with Crippen LogP contribution in [0.5, 0.6) is 5.75 Å². The van der Waals surface area contributed by atoms with Gasteiger partial charge in [0.25, 0.3) is 0 Å². The summed E-state index contributed by atoms with van der Waals surface area (Å²) >= 11 is 0. The van der Waals surface area contributed by atoms with Crippen LogP contribution >= 0.6 is 0 Å². The van der Waals surface area contributed by atoms with E-state index in [-0.39, 0.29) is 0 Å². The zero-order valence-electron chi connectivity index (χ0n) is 15.3. The largest absolute Gasteiger partial charge is 0.496 e. The lowest BCUT2D eigenvalue weighted by molar-refractivity contribution is 0.126. The first-order valence-electron chi connectivity index (χ1n) is 8.97. The molecule has 5 heteroatoms. The van der Waals surface area contributed by atoms with Crippen LogP contribution in [0.15, 0.2) is 29.3 Å². The van der Waals surface area contributed by atoms with E-state index in [9.17, 15) is 0 Å². The Labute approximate surface area is 146 Å². The molecule has 0 spiro atoms. The monoisotopic (exact) mass is 333 g/mol. The number of aliphatic imine (C=N–C) groups is 1. The average Bonchev–Trinajstić information content (AvgIpc) is 2.61. The lowest BCUT2D eigenvalue weighted by Crippen LogP contribution is -2.45. The maximum absolute atomic E-state index is 5.76. The van der Waals surface area contributed by atoms with Crippen molar-refractivity contribution in [1.82, 2.24) is 10.2 Å². The number of nitrogens with zero attached hydrogens (tertiary/aromatic N) is 2. The van der Waals surface area contributed by atoms with Gasteiger partial charge in [-0.2, -0.15) is 0 Å². The van der Waals surface area contributed by atoms with Crippen molar-refractivity contribution in [2.45, 2.75) is 33.3 Å². The first-order valence-corrected chi connectivity index (χ1v) is 8.97. The quantitative estimate of drug-likeness (QED) is 0.473. The zero-order valence-corrected chi connectivity index (χ0v) is 15.3. The van der Waals surface area contributed by atoms with E-state index < -0.39 is 0 Å². The highest BCUT2D eigenvalue weighted by Crippen LogP contribution is 2.18. The van der Waals surface area contributed by atoms with Crippen molar-refractivity contribution < 1.29 is 9.47 Å². The maximum Gasteiger partial charge on any atom is 0.193 e. The van der Waals surface area contributed by atoms with Crippen molar-refractivity contribution in [1.29, 1.82) is 0 Å². The summed E-state index contributed by atoms with van der Waals surface area (Å²) in [5.74, 6) is 2.72. The fraction of sp³-hybridized carbons (Fsp3) is 0.632. The Bertz CT molecular complexity index is 511. The number of hydrogen-bond donors (Lipinski definition) is 1. The summed E-state index contributed by atoms with van der Waals surface area (Å²) < 4.78 is 11.1. The standard InChI is InChI=1S/C19H31N3O2/c1-4-20-19(22-12-9-16(2)10-13-22)21-11-14-24-15-17-7-5-6-8-18(17)23-3/h5-8,16H,4,9-15H2,1-3H3,(H,20,21). The van der Waals surface area contributed by atoms with Gasteiger partial charge in [-0.3, -0.25) is 4.99 Å². The molecule has 24 heavy (non-hydrogen) atoms. The predicted molar refractivity (Wildman–Crippen MR) is 98.6 cm³/mol. The second kappa shape index (κ2) is 10.2. The Hall–Kier alpha value is -1.75. The van der Waals surface area contributed by atoms with Crippen LogP contribution in [0.4, 0.5) is 0 Å². The van der Waals surface area contributed by atoms with E-state index in [2.05, 4.69) is 24.1 Å². The van der Waals surface area contributed by atoms with E-state index >= 15 is 0 Å². The van der Waals surface area contributed by atoms with Crippen molar-refractivity contribution in [3.63, 3.8) is 0 Å². The Morgan fingerprint density at radius 3 is 2.75 bits per heavy atom. The Morgan fingerprint density at radius 2 is 2.04 bits per heavy atom. The van der Waals surface area contributed by atoms with E-state index in [4.69, 9.17) is 14.5 Å². The maximum atomic E-state index is 5.76. The summed E-state index contributed by atoms with van der Waals surface area (Å²) in [5, 5.41) is 3.39. The highest BCUT2D eigenvalue weighted by Gasteiger charge is 2.18. The number of nitrogens with one attached hydrogen (secondary N) is 1. The summed E-state index contributed by atoms with van der Waals surface area (Å²) in [5.41, 5.74) is 1.07. The van der Waals surface area contributed by atoms with Gasteiger partial charge in [-0.25, -0.2) is 0 Å². The number of ether oxygens (including phenoxy) is 2. The molecule has 134 valence electrons. The van der Waals surface area contributed by atoms with Gasteiger partial charge in [0.2, 0.25) is 0 Å². The average molecular weight is 333 g/mol. The molecule has 0 radical (unpaired) electrons. The molecule has 1 N–H and O–H groups in total. The van der Waals surface area contributed by atoms with Crippen LogP contribution in [0.3, 0.4) is 0 Å². The van der Waals surface area contributed by atoms with Gasteiger partial charge >= 0.3 is 0 Å². The second-order valence-corrected chi connectivity index (χ2v) is 6.27. The lowest BCUT2D eigenvalue weighted by Gasteiger charge is -2.33. The molecule has 0 unspecified atom stereocenters. The number of piperidine rings is 1. The molecule has 1 aliphatic rings. The number of benzene rings is 1. The lowest BCUT2D eigenvalue weighted by atomic mass is 10.00. The molecule has 0 aliphatic carbocycles. The van der Waals surface area contributed by atoms with Crippen LogP contribution in [-0.4, -0.2) is 50.8 Å². The van der Waals surface area contributed by atoms with Crippen LogP contribution in [0.25, 0.3) is 0 Å². The molecular weight excluding hydrogens is 302 g/mol. The van der Waals surface area contributed by atoms with Gasteiger partial charge in [-0.1, -0.05) is 25.1 Å². The number of rotatable bonds is 7. The Balaban J connectivity index is 1.77. The molecule has 1 aromatic carbocycles. The topological polar surface area (TPSA) is 46.1 Å². The molecule has 0 atom stereocenters. The van der Waals surface area contributed by atoms with Crippen LogP contribution < -0.4 is 10.1 Å². The highest BCUT2D eigenvalue weighted by molar-refractivity contribution is 5.80. The van der Waals surface area contributed by atoms with Crippen molar-refractivity contribution in [3.8, 4) is 5.75 Å². The van der Waals surface area contributed by atoms with Gasteiger partial charge in [0, 0.05) is 25.2 Å². The van der Waals surface area contributed by atoms with Crippen molar-refractivity contribution in [2.24, 2.45) is 10.9 Å². The van der Waals surface area contributed by atoms with E-state index in [1.54, 1.807) is 7.11 Å². The molecule has 0 amide bonds. The van der Waals surface area contributed by atoms with E-state index in [0.29, 0.717) is 19.8 Å². The molecule has 0 bridgehead atoms. The Morgan fingerprint density at radius 1 is 1.29 bits per heavy atom. The highest BCUT2D eigenvalue weighted by atomic mass is 16.5. The van der Waals surface area contributed by atoms with Crippen LogP contribution in [-0.2, 0) is 11.3 Å². The number of hydrogen-bond acceptors (Lipinski definition) is 3. The third-order valence-corrected chi connectivity index (χ3v) is 4.37. The molecular formula is C19H31N3O2. The molecule has 2 rings (SSSR count). The molecule has 0 saturated carbocycles. The van der Waals surface area contributed by atoms with E-state index in [0.717, 1.165) is 42.8 Å². The van der Waals surface area contributed by atoms with E-state index in [1.807, 2.05) is 24.3 Å². The minimum Gasteiger partial charge on any atom is -0.496 e. The minimum absolute atomic E-state index is 0.553. The summed E-state index contributed by atoms with van der Waals surface area (Å²) in [6.45, 7) is 9.35. The summed E-state index contributed by atoms with van der Waals surface area (Å²) in [6, 6.07) is 7.95. The van der Waals surface area contributed by atoms with Crippen LogP contribution in [0.1, 0.15) is 32.3 Å². The summed E-state index contributed by atoms with van der Waals surface area (Å²) in [6.07, 6.45) is 2.49. The van der Waals surface area contributed by atoms with Gasteiger partial charge in [0.15, 0.2) is 5.96 Å². The van der Waals surface area contributed by atoms with Gasteiger partial charge in [-0.15, -0.1) is 0 Å². The van der Waals surface area contributed by atoms with Crippen molar-refractivity contribution in [2.75, 3.05) is 39.9 Å². The number of methoxy groups -OCH3 is 1. The third-order valence-electron chi connectivity index (χ3n) is 4.37. The molecule has 1 aliphatic heterocycles. The van der Waals surface area contributed by atoms with Crippen molar-refractivity contribution >= 4 is 5.96 Å². The Kier molecular flexibility index (Phi) is 7.89. The van der Waals surface area contributed by atoms with Gasteiger partial charge < -0.3 is 19.7 Å². The van der Waals surface area contributed by atoms with Gasteiger partial charge in [-0.05, 0) is 31.7 Å². The molecule has 1 heterocycles. The predicted octanol–water partition coefficient (Wildman–Crippen LogP) is 2.91. The molecule has 1 aromatic rings. The third kappa shape index (κ3) is 5.71. The first-order chi connectivity index (χ1) is 11.7. The second-order valence-electron chi connectivity index (χ2n) is 6.27. The van der Waals surface area contributed by atoms with Crippen molar-refractivity contribution in [3.05, 3.63) is 29.8 Å². The van der Waals surface area contributed by atoms with Crippen LogP contribution in [0.2, 0.25) is 0 Å². The number of para-hydroxylation sites is 1. The number of likely N-dealkylation sites (tertiary alicyclic amines) is 1. The molecule has 0 aromatic heterocycles. The van der Waals surface area contributed by atoms with Gasteiger partial charge in [0.1, 0.15) is 5.75 Å². The fourth-order valence-electron chi connectivity index (χ4n) is 2.87. The normalized spacial score (nSPS) is 16.3.